The van der Waals surface area contributed by atoms with Gasteiger partial charge in [0.25, 0.3) is 0 Å². The van der Waals surface area contributed by atoms with Gasteiger partial charge in [0.15, 0.2) is 5.96 Å². The van der Waals surface area contributed by atoms with Gasteiger partial charge >= 0.3 is 0 Å². The monoisotopic (exact) mass is 457 g/mol. The van der Waals surface area contributed by atoms with E-state index in [0.717, 1.165) is 25.5 Å². The maximum atomic E-state index is 5.95. The van der Waals surface area contributed by atoms with Crippen molar-refractivity contribution in [3.63, 3.8) is 0 Å². The van der Waals surface area contributed by atoms with Crippen LogP contribution in [0.1, 0.15) is 51.5 Å². The van der Waals surface area contributed by atoms with Crippen LogP contribution in [-0.2, 0) is 4.74 Å². The third-order valence-electron chi connectivity index (χ3n) is 5.25. The predicted octanol–water partition coefficient (Wildman–Crippen LogP) is 3.92. The Balaban J connectivity index is 0.00000225. The quantitative estimate of drug-likeness (QED) is 0.387. The SMILES string of the molecule is CCNC(=NCC(c1ccccc1)C(C)C)NC1CC2CCC1O2.I. The van der Waals surface area contributed by atoms with Gasteiger partial charge < -0.3 is 15.4 Å². The molecule has 1 aromatic rings. The number of halogens is 1. The van der Waals surface area contributed by atoms with Crippen LogP contribution in [0.25, 0.3) is 0 Å². The van der Waals surface area contributed by atoms with Crippen molar-refractivity contribution in [3.05, 3.63) is 35.9 Å². The summed E-state index contributed by atoms with van der Waals surface area (Å²) in [6.07, 6.45) is 4.35. The largest absolute Gasteiger partial charge is 0.373 e. The van der Waals surface area contributed by atoms with Gasteiger partial charge in [0.2, 0.25) is 0 Å². The van der Waals surface area contributed by atoms with Crippen molar-refractivity contribution < 1.29 is 4.74 Å². The first-order valence-corrected chi connectivity index (χ1v) is 9.42. The molecule has 0 aromatic heterocycles. The lowest BCUT2D eigenvalue weighted by Crippen LogP contribution is -2.47. The number of aliphatic imine (C=N–C) groups is 1. The summed E-state index contributed by atoms with van der Waals surface area (Å²) in [5.41, 5.74) is 1.37. The second-order valence-corrected chi connectivity index (χ2v) is 7.34. The minimum atomic E-state index is 0. The molecule has 3 rings (SSSR count). The highest BCUT2D eigenvalue weighted by Crippen LogP contribution is 2.34. The van der Waals surface area contributed by atoms with E-state index in [0.29, 0.717) is 30.1 Å². The molecule has 2 N–H and O–H groups in total. The molecule has 4 nitrogen and oxygen atoms in total. The first kappa shape index (κ1) is 20.5. The van der Waals surface area contributed by atoms with E-state index in [2.05, 4.69) is 61.7 Å². The number of fused-ring (bicyclic) bond motifs is 2. The molecule has 2 bridgehead atoms. The van der Waals surface area contributed by atoms with Crippen LogP contribution in [0.4, 0.5) is 0 Å². The van der Waals surface area contributed by atoms with Gasteiger partial charge in [0.05, 0.1) is 18.2 Å². The average Bonchev–Trinajstić information content (AvgIpc) is 3.18. The molecule has 0 aliphatic carbocycles. The van der Waals surface area contributed by atoms with E-state index in [1.807, 2.05) is 0 Å². The molecule has 1 aromatic carbocycles. The molecule has 0 radical (unpaired) electrons. The molecule has 2 aliphatic rings. The van der Waals surface area contributed by atoms with Crippen LogP contribution in [0, 0.1) is 5.92 Å². The van der Waals surface area contributed by atoms with Gasteiger partial charge in [-0.2, -0.15) is 0 Å². The Morgan fingerprint density at radius 1 is 1.24 bits per heavy atom. The van der Waals surface area contributed by atoms with Crippen LogP contribution in [0.3, 0.4) is 0 Å². The summed E-state index contributed by atoms with van der Waals surface area (Å²) in [7, 11) is 0. The lowest BCUT2D eigenvalue weighted by molar-refractivity contribution is 0.0992. The number of ether oxygens (including phenoxy) is 1. The zero-order valence-electron chi connectivity index (χ0n) is 15.6. The van der Waals surface area contributed by atoms with E-state index in [4.69, 9.17) is 9.73 Å². The number of hydrogen-bond donors (Lipinski definition) is 2. The average molecular weight is 457 g/mol. The lowest BCUT2D eigenvalue weighted by atomic mass is 9.88. The molecule has 0 amide bonds. The number of rotatable bonds is 6. The smallest absolute Gasteiger partial charge is 0.191 e. The molecular formula is C20H32IN3O. The summed E-state index contributed by atoms with van der Waals surface area (Å²) in [5, 5.41) is 7.01. The molecule has 0 saturated carbocycles. The van der Waals surface area contributed by atoms with E-state index in [9.17, 15) is 0 Å². The zero-order chi connectivity index (χ0) is 16.9. The third kappa shape index (κ3) is 5.33. The van der Waals surface area contributed by atoms with Crippen LogP contribution in [0.15, 0.2) is 35.3 Å². The van der Waals surface area contributed by atoms with E-state index < -0.39 is 0 Å². The highest BCUT2D eigenvalue weighted by atomic mass is 127. The van der Waals surface area contributed by atoms with E-state index >= 15 is 0 Å². The summed E-state index contributed by atoms with van der Waals surface area (Å²) in [6.45, 7) is 8.35. The second kappa shape index (κ2) is 9.76. The van der Waals surface area contributed by atoms with E-state index in [1.54, 1.807) is 0 Å². The van der Waals surface area contributed by atoms with Crippen LogP contribution in [0.5, 0.6) is 0 Å². The number of hydrogen-bond acceptors (Lipinski definition) is 2. The Kier molecular flexibility index (Phi) is 8.00. The summed E-state index contributed by atoms with van der Waals surface area (Å²) in [5.74, 6) is 1.93. The molecular weight excluding hydrogens is 425 g/mol. The maximum absolute atomic E-state index is 5.95. The third-order valence-corrected chi connectivity index (χ3v) is 5.25. The Morgan fingerprint density at radius 3 is 2.56 bits per heavy atom. The van der Waals surface area contributed by atoms with Gasteiger partial charge in [-0.1, -0.05) is 44.2 Å². The topological polar surface area (TPSA) is 45.7 Å². The minimum Gasteiger partial charge on any atom is -0.373 e. The standard InChI is InChI=1S/C20H31N3O.HI/c1-4-21-20(23-18-12-16-10-11-19(18)24-16)22-13-17(14(2)3)15-8-6-5-7-9-15;/h5-9,14,16-19H,4,10-13H2,1-3H3,(H2,21,22,23);1H. The van der Waals surface area contributed by atoms with Crippen LogP contribution in [0.2, 0.25) is 0 Å². The van der Waals surface area contributed by atoms with Crippen molar-refractivity contribution >= 4 is 29.9 Å². The summed E-state index contributed by atoms with van der Waals surface area (Å²) >= 11 is 0. The molecule has 2 heterocycles. The Morgan fingerprint density at radius 2 is 2.00 bits per heavy atom. The van der Waals surface area contributed by atoms with Gasteiger partial charge in [0.1, 0.15) is 0 Å². The van der Waals surface area contributed by atoms with Crippen LogP contribution >= 0.6 is 24.0 Å². The van der Waals surface area contributed by atoms with Crippen molar-refractivity contribution in [1.82, 2.24) is 10.6 Å². The van der Waals surface area contributed by atoms with Gasteiger partial charge in [-0.3, -0.25) is 4.99 Å². The second-order valence-electron chi connectivity index (χ2n) is 7.34. The molecule has 2 aliphatic heterocycles. The molecule has 2 saturated heterocycles. The Hall–Kier alpha value is -0.820. The maximum Gasteiger partial charge on any atom is 0.191 e. The fourth-order valence-electron chi connectivity index (χ4n) is 3.88. The first-order chi connectivity index (χ1) is 11.7. The van der Waals surface area contributed by atoms with Crippen molar-refractivity contribution in [2.24, 2.45) is 10.9 Å². The van der Waals surface area contributed by atoms with Gasteiger partial charge in [-0.25, -0.2) is 0 Å². The predicted molar refractivity (Wildman–Crippen MR) is 115 cm³/mol. The number of nitrogens with zero attached hydrogens (tertiary/aromatic N) is 1. The molecule has 140 valence electrons. The molecule has 5 heteroatoms. The molecule has 4 atom stereocenters. The highest BCUT2D eigenvalue weighted by molar-refractivity contribution is 14.0. The number of benzene rings is 1. The zero-order valence-corrected chi connectivity index (χ0v) is 17.9. The van der Waals surface area contributed by atoms with Crippen LogP contribution in [-0.4, -0.2) is 37.3 Å². The Bertz CT molecular complexity index is 549. The van der Waals surface area contributed by atoms with Gasteiger partial charge in [-0.05, 0) is 37.7 Å². The van der Waals surface area contributed by atoms with Crippen molar-refractivity contribution in [2.45, 2.75) is 64.2 Å². The van der Waals surface area contributed by atoms with Crippen molar-refractivity contribution in [2.75, 3.05) is 13.1 Å². The van der Waals surface area contributed by atoms with Gasteiger partial charge in [0, 0.05) is 19.0 Å². The lowest BCUT2D eigenvalue weighted by Gasteiger charge is -2.24. The Labute approximate surface area is 169 Å². The van der Waals surface area contributed by atoms with E-state index in [-0.39, 0.29) is 24.0 Å². The fourth-order valence-corrected chi connectivity index (χ4v) is 3.88. The number of nitrogens with one attached hydrogen (secondary N) is 2. The fraction of sp³-hybridized carbons (Fsp3) is 0.650. The van der Waals surface area contributed by atoms with Crippen molar-refractivity contribution in [1.29, 1.82) is 0 Å². The number of guanidine groups is 1. The molecule has 0 spiro atoms. The molecule has 25 heavy (non-hydrogen) atoms. The normalized spacial score (nSPS) is 26.4. The highest BCUT2D eigenvalue weighted by Gasteiger charge is 2.41. The molecule has 2 fully saturated rings. The first-order valence-electron chi connectivity index (χ1n) is 9.42. The van der Waals surface area contributed by atoms with E-state index in [1.165, 1.54) is 18.4 Å². The minimum absolute atomic E-state index is 0. The summed E-state index contributed by atoms with van der Waals surface area (Å²) in [4.78, 5) is 4.90. The van der Waals surface area contributed by atoms with Gasteiger partial charge in [-0.15, -0.1) is 24.0 Å². The summed E-state index contributed by atoms with van der Waals surface area (Å²) in [6, 6.07) is 11.1. The van der Waals surface area contributed by atoms with Crippen LogP contribution < -0.4 is 10.6 Å². The summed E-state index contributed by atoms with van der Waals surface area (Å²) < 4.78 is 5.95. The molecule has 4 unspecified atom stereocenters. The van der Waals surface area contributed by atoms with Crippen molar-refractivity contribution in [3.8, 4) is 0 Å².